The molecule has 3 heteroatoms. The fourth-order valence-corrected chi connectivity index (χ4v) is 3.96. The lowest BCUT2D eigenvalue weighted by atomic mass is 10.0. The van der Waals surface area contributed by atoms with Crippen molar-refractivity contribution in [3.8, 4) is 0 Å². The summed E-state index contributed by atoms with van der Waals surface area (Å²) in [6.07, 6.45) is 4.85. The highest BCUT2D eigenvalue weighted by Crippen LogP contribution is 2.39. The molecule has 1 unspecified atom stereocenters. The average Bonchev–Trinajstić information content (AvgIpc) is 2.90. The van der Waals surface area contributed by atoms with E-state index in [1.807, 2.05) is 24.2 Å². The molecule has 104 valence electrons. The molecule has 3 rings (SSSR count). The summed E-state index contributed by atoms with van der Waals surface area (Å²) in [7, 11) is 2.23. The normalized spacial score (nSPS) is 17.4. The highest BCUT2D eigenvalue weighted by atomic mass is 32.2. The van der Waals surface area contributed by atoms with Crippen LogP contribution in [0.1, 0.15) is 17.0 Å². The Kier molecular flexibility index (Phi) is 4.38. The van der Waals surface area contributed by atoms with Crippen molar-refractivity contribution in [3.05, 3.63) is 59.9 Å². The summed E-state index contributed by atoms with van der Waals surface area (Å²) in [6.45, 7) is 2.25. The highest BCUT2D eigenvalue weighted by molar-refractivity contribution is 7.99. The number of pyridine rings is 1. The molecule has 1 atom stereocenters. The predicted molar refractivity (Wildman–Crippen MR) is 85.3 cm³/mol. The van der Waals surface area contributed by atoms with Crippen LogP contribution in [0.2, 0.25) is 0 Å². The van der Waals surface area contributed by atoms with Crippen molar-refractivity contribution < 1.29 is 0 Å². The van der Waals surface area contributed by atoms with Gasteiger partial charge in [-0.1, -0.05) is 18.2 Å². The smallest absolute Gasteiger partial charge is 0.0270 e. The molecule has 0 radical (unpaired) electrons. The molecule has 2 heterocycles. The van der Waals surface area contributed by atoms with Crippen molar-refractivity contribution in [1.82, 2.24) is 9.88 Å². The summed E-state index contributed by atoms with van der Waals surface area (Å²) in [5.74, 6) is 1.90. The van der Waals surface area contributed by atoms with Crippen LogP contribution in [0.4, 0.5) is 0 Å². The second-order valence-electron chi connectivity index (χ2n) is 5.41. The van der Waals surface area contributed by atoms with Gasteiger partial charge in [0, 0.05) is 42.0 Å². The third-order valence-corrected chi connectivity index (χ3v) is 5.11. The Bertz CT molecular complexity index is 556. The highest BCUT2D eigenvalue weighted by Gasteiger charge is 2.23. The molecule has 0 saturated carbocycles. The standard InChI is InChI=1S/C17H20N2S/c1-19(11-8-14-6-9-18-10-7-14)12-15-13-20-17-5-3-2-4-16(15)17/h2-7,9-10,15H,8,11-13H2,1H3. The molecule has 1 aromatic heterocycles. The van der Waals surface area contributed by atoms with Gasteiger partial charge in [-0.05, 0) is 42.8 Å². The van der Waals surface area contributed by atoms with Crippen LogP contribution in [0.5, 0.6) is 0 Å². The number of rotatable bonds is 5. The van der Waals surface area contributed by atoms with E-state index in [1.54, 1.807) is 0 Å². The van der Waals surface area contributed by atoms with Gasteiger partial charge in [0.2, 0.25) is 0 Å². The van der Waals surface area contributed by atoms with Crippen LogP contribution < -0.4 is 0 Å². The topological polar surface area (TPSA) is 16.1 Å². The number of fused-ring (bicyclic) bond motifs is 1. The molecular weight excluding hydrogens is 264 g/mol. The first-order chi connectivity index (χ1) is 9.83. The van der Waals surface area contributed by atoms with Gasteiger partial charge in [0.1, 0.15) is 0 Å². The van der Waals surface area contributed by atoms with Gasteiger partial charge >= 0.3 is 0 Å². The largest absolute Gasteiger partial charge is 0.305 e. The van der Waals surface area contributed by atoms with E-state index in [-0.39, 0.29) is 0 Å². The minimum atomic E-state index is 0.679. The zero-order valence-corrected chi connectivity index (χ0v) is 12.6. The third kappa shape index (κ3) is 3.22. The van der Waals surface area contributed by atoms with Crippen molar-refractivity contribution in [3.63, 3.8) is 0 Å². The first-order valence-electron chi connectivity index (χ1n) is 7.12. The van der Waals surface area contributed by atoms with E-state index in [0.717, 1.165) is 19.5 Å². The van der Waals surface area contributed by atoms with Crippen LogP contribution in [0.15, 0.2) is 53.7 Å². The van der Waals surface area contributed by atoms with E-state index >= 15 is 0 Å². The summed E-state index contributed by atoms with van der Waals surface area (Å²) in [6, 6.07) is 13.0. The number of thioether (sulfide) groups is 1. The molecule has 0 bridgehead atoms. The van der Waals surface area contributed by atoms with E-state index in [0.29, 0.717) is 5.92 Å². The van der Waals surface area contributed by atoms with Gasteiger partial charge in [0.15, 0.2) is 0 Å². The van der Waals surface area contributed by atoms with Gasteiger partial charge in [-0.2, -0.15) is 0 Å². The van der Waals surface area contributed by atoms with Gasteiger partial charge in [0.05, 0.1) is 0 Å². The zero-order valence-electron chi connectivity index (χ0n) is 11.8. The predicted octanol–water partition coefficient (Wildman–Crippen LogP) is 3.45. The Labute approximate surface area is 125 Å². The van der Waals surface area contributed by atoms with E-state index < -0.39 is 0 Å². The Balaban J connectivity index is 1.54. The van der Waals surface area contributed by atoms with Gasteiger partial charge in [-0.15, -0.1) is 11.8 Å². The number of hydrogen-bond acceptors (Lipinski definition) is 3. The summed E-state index contributed by atoms with van der Waals surface area (Å²) < 4.78 is 0. The molecule has 0 amide bonds. The first kappa shape index (κ1) is 13.7. The average molecular weight is 284 g/mol. The van der Waals surface area contributed by atoms with Crippen LogP contribution in [0, 0.1) is 0 Å². The van der Waals surface area contributed by atoms with Crippen molar-refractivity contribution in [2.24, 2.45) is 0 Å². The first-order valence-corrected chi connectivity index (χ1v) is 8.10. The molecule has 0 saturated heterocycles. The van der Waals surface area contributed by atoms with Crippen molar-refractivity contribution in [1.29, 1.82) is 0 Å². The minimum absolute atomic E-state index is 0.679. The molecule has 0 fully saturated rings. The van der Waals surface area contributed by atoms with Gasteiger partial charge in [-0.3, -0.25) is 4.98 Å². The van der Waals surface area contributed by atoms with E-state index in [2.05, 4.69) is 53.3 Å². The Morgan fingerprint density at radius 3 is 2.85 bits per heavy atom. The van der Waals surface area contributed by atoms with E-state index in [9.17, 15) is 0 Å². The van der Waals surface area contributed by atoms with Crippen molar-refractivity contribution in [2.45, 2.75) is 17.2 Å². The maximum absolute atomic E-state index is 4.06. The molecule has 1 aliphatic rings. The summed E-state index contributed by atoms with van der Waals surface area (Å²) in [5, 5.41) is 0. The van der Waals surface area contributed by atoms with Gasteiger partial charge in [-0.25, -0.2) is 0 Å². The maximum atomic E-state index is 4.06. The SMILES string of the molecule is CN(CCc1ccncc1)CC1CSc2ccccc21. The summed E-state index contributed by atoms with van der Waals surface area (Å²) >= 11 is 2.00. The lowest BCUT2D eigenvalue weighted by molar-refractivity contribution is 0.322. The molecular formula is C17H20N2S. The zero-order chi connectivity index (χ0) is 13.8. The Hall–Kier alpha value is -1.32. The van der Waals surface area contributed by atoms with Crippen LogP contribution in [-0.2, 0) is 6.42 Å². The number of nitrogens with zero attached hydrogens (tertiary/aromatic N) is 2. The number of hydrogen-bond donors (Lipinski definition) is 0. The summed E-state index contributed by atoms with van der Waals surface area (Å²) in [4.78, 5) is 7.99. The van der Waals surface area contributed by atoms with E-state index in [4.69, 9.17) is 0 Å². The Morgan fingerprint density at radius 1 is 1.20 bits per heavy atom. The van der Waals surface area contributed by atoms with Gasteiger partial charge < -0.3 is 4.90 Å². The maximum Gasteiger partial charge on any atom is 0.0270 e. The quantitative estimate of drug-likeness (QED) is 0.836. The monoisotopic (exact) mass is 284 g/mol. The lowest BCUT2D eigenvalue weighted by Crippen LogP contribution is -2.26. The molecule has 1 aliphatic heterocycles. The molecule has 2 aromatic rings. The Morgan fingerprint density at radius 2 is 2.00 bits per heavy atom. The van der Waals surface area contributed by atoms with Crippen LogP contribution in [-0.4, -0.2) is 35.8 Å². The van der Waals surface area contributed by atoms with Gasteiger partial charge in [0.25, 0.3) is 0 Å². The van der Waals surface area contributed by atoms with E-state index in [1.165, 1.54) is 21.8 Å². The fourth-order valence-electron chi connectivity index (χ4n) is 2.72. The third-order valence-electron chi connectivity index (χ3n) is 3.86. The van der Waals surface area contributed by atoms with Crippen molar-refractivity contribution in [2.75, 3.05) is 25.9 Å². The fraction of sp³-hybridized carbons (Fsp3) is 0.353. The molecule has 20 heavy (non-hydrogen) atoms. The van der Waals surface area contributed by atoms with Crippen LogP contribution >= 0.6 is 11.8 Å². The minimum Gasteiger partial charge on any atom is -0.305 e. The number of aromatic nitrogens is 1. The molecule has 0 N–H and O–H groups in total. The molecule has 0 spiro atoms. The number of likely N-dealkylation sites (N-methyl/N-ethyl adjacent to an activating group) is 1. The van der Waals surface area contributed by atoms with Crippen LogP contribution in [0.3, 0.4) is 0 Å². The lowest BCUT2D eigenvalue weighted by Gasteiger charge is -2.21. The molecule has 2 nitrogen and oxygen atoms in total. The second kappa shape index (κ2) is 6.42. The summed E-state index contributed by atoms with van der Waals surface area (Å²) in [5.41, 5.74) is 2.90. The van der Waals surface area contributed by atoms with Crippen molar-refractivity contribution >= 4 is 11.8 Å². The molecule has 0 aliphatic carbocycles. The molecule has 1 aromatic carbocycles. The van der Waals surface area contributed by atoms with Crippen LogP contribution in [0.25, 0.3) is 0 Å². The second-order valence-corrected chi connectivity index (χ2v) is 6.48. The number of benzene rings is 1.